The second kappa shape index (κ2) is 3.26. The van der Waals surface area contributed by atoms with E-state index in [1.54, 1.807) is 17.7 Å². The van der Waals surface area contributed by atoms with Crippen LogP contribution in [0.4, 0.5) is 0 Å². The summed E-state index contributed by atoms with van der Waals surface area (Å²) in [6.45, 7) is 4.08. The van der Waals surface area contributed by atoms with E-state index in [4.69, 9.17) is 0 Å². The van der Waals surface area contributed by atoms with Gasteiger partial charge in [0.05, 0.1) is 5.69 Å². The standard InChI is InChI=1S/C10H10N2S/c1-7-3-10(12-6-11-7)9-4-8(2)13-5-9/h3-6H,1-2H3. The normalized spacial score (nSPS) is 10.3. The highest BCUT2D eigenvalue weighted by atomic mass is 32.1. The van der Waals surface area contributed by atoms with Crippen molar-refractivity contribution in [2.75, 3.05) is 0 Å². The number of hydrogen-bond donors (Lipinski definition) is 0. The molecule has 0 spiro atoms. The van der Waals surface area contributed by atoms with E-state index in [2.05, 4.69) is 28.3 Å². The Bertz CT molecular complexity index is 420. The summed E-state index contributed by atoms with van der Waals surface area (Å²) in [5, 5.41) is 2.12. The number of hydrogen-bond acceptors (Lipinski definition) is 3. The first-order valence-corrected chi connectivity index (χ1v) is 4.98. The molecule has 0 bridgehead atoms. The van der Waals surface area contributed by atoms with Gasteiger partial charge in [-0.3, -0.25) is 0 Å². The van der Waals surface area contributed by atoms with Crippen molar-refractivity contribution in [2.45, 2.75) is 13.8 Å². The van der Waals surface area contributed by atoms with Crippen LogP contribution in [0, 0.1) is 13.8 Å². The van der Waals surface area contributed by atoms with Crippen LogP contribution in [0.3, 0.4) is 0 Å². The smallest absolute Gasteiger partial charge is 0.116 e. The zero-order chi connectivity index (χ0) is 9.26. The van der Waals surface area contributed by atoms with E-state index in [0.29, 0.717) is 0 Å². The van der Waals surface area contributed by atoms with Crippen molar-refractivity contribution in [1.82, 2.24) is 9.97 Å². The average Bonchev–Trinajstić information content (AvgIpc) is 2.52. The Morgan fingerprint density at radius 3 is 2.62 bits per heavy atom. The van der Waals surface area contributed by atoms with Gasteiger partial charge in [-0.15, -0.1) is 11.3 Å². The first kappa shape index (κ1) is 8.38. The molecule has 0 aliphatic carbocycles. The maximum absolute atomic E-state index is 4.22. The van der Waals surface area contributed by atoms with E-state index in [1.165, 1.54) is 10.4 Å². The summed E-state index contributed by atoms with van der Waals surface area (Å²) >= 11 is 1.74. The second-order valence-corrected chi connectivity index (χ2v) is 4.11. The summed E-state index contributed by atoms with van der Waals surface area (Å²) < 4.78 is 0. The van der Waals surface area contributed by atoms with Gasteiger partial charge in [-0.1, -0.05) is 0 Å². The molecule has 0 fully saturated rings. The summed E-state index contributed by atoms with van der Waals surface area (Å²) in [4.78, 5) is 9.59. The average molecular weight is 190 g/mol. The molecule has 2 nitrogen and oxygen atoms in total. The molecule has 3 heteroatoms. The summed E-state index contributed by atoms with van der Waals surface area (Å²) in [7, 11) is 0. The molecular formula is C10H10N2S. The van der Waals surface area contributed by atoms with Gasteiger partial charge in [-0.2, -0.15) is 0 Å². The summed E-state index contributed by atoms with van der Waals surface area (Å²) in [5.41, 5.74) is 3.21. The number of rotatable bonds is 1. The minimum Gasteiger partial charge on any atom is -0.242 e. The first-order chi connectivity index (χ1) is 6.25. The quantitative estimate of drug-likeness (QED) is 0.691. The molecule has 0 aliphatic rings. The van der Waals surface area contributed by atoms with Crippen LogP contribution in [-0.2, 0) is 0 Å². The Balaban J connectivity index is 2.46. The van der Waals surface area contributed by atoms with Crippen LogP contribution in [0.25, 0.3) is 11.3 Å². The molecule has 0 amide bonds. The van der Waals surface area contributed by atoms with Crippen molar-refractivity contribution in [3.8, 4) is 11.3 Å². The Morgan fingerprint density at radius 1 is 1.15 bits per heavy atom. The van der Waals surface area contributed by atoms with Crippen molar-refractivity contribution < 1.29 is 0 Å². The van der Waals surface area contributed by atoms with Crippen molar-refractivity contribution in [1.29, 1.82) is 0 Å². The molecule has 66 valence electrons. The third-order valence-corrected chi connectivity index (χ3v) is 2.69. The van der Waals surface area contributed by atoms with Gasteiger partial charge in [0.25, 0.3) is 0 Å². The second-order valence-electron chi connectivity index (χ2n) is 2.99. The predicted octanol–water partition coefficient (Wildman–Crippen LogP) is 2.82. The van der Waals surface area contributed by atoms with Gasteiger partial charge in [0.2, 0.25) is 0 Å². The molecule has 13 heavy (non-hydrogen) atoms. The lowest BCUT2D eigenvalue weighted by atomic mass is 10.2. The van der Waals surface area contributed by atoms with Crippen LogP contribution in [0.5, 0.6) is 0 Å². The van der Waals surface area contributed by atoms with Crippen LogP contribution in [-0.4, -0.2) is 9.97 Å². The third-order valence-electron chi connectivity index (χ3n) is 1.83. The predicted molar refractivity (Wildman–Crippen MR) is 54.8 cm³/mol. The molecule has 0 atom stereocenters. The topological polar surface area (TPSA) is 25.8 Å². The Hall–Kier alpha value is -1.22. The lowest BCUT2D eigenvalue weighted by Gasteiger charge is -1.96. The fourth-order valence-corrected chi connectivity index (χ4v) is 1.89. The summed E-state index contributed by atoms with van der Waals surface area (Å²) in [6.07, 6.45) is 1.61. The monoisotopic (exact) mass is 190 g/mol. The zero-order valence-corrected chi connectivity index (χ0v) is 8.43. The molecule has 2 rings (SSSR count). The van der Waals surface area contributed by atoms with E-state index in [-0.39, 0.29) is 0 Å². The molecule has 2 aromatic heterocycles. The molecule has 2 aromatic rings. The number of aromatic nitrogens is 2. The van der Waals surface area contributed by atoms with E-state index >= 15 is 0 Å². The number of aryl methyl sites for hydroxylation is 2. The molecular weight excluding hydrogens is 180 g/mol. The van der Waals surface area contributed by atoms with Gasteiger partial charge in [0, 0.05) is 21.5 Å². The minimum absolute atomic E-state index is 1.01. The minimum atomic E-state index is 1.01. The van der Waals surface area contributed by atoms with Crippen LogP contribution >= 0.6 is 11.3 Å². The number of thiophene rings is 1. The van der Waals surface area contributed by atoms with Crippen molar-refractivity contribution >= 4 is 11.3 Å². The van der Waals surface area contributed by atoms with Gasteiger partial charge in [-0.25, -0.2) is 9.97 Å². The molecule has 0 aromatic carbocycles. The van der Waals surface area contributed by atoms with E-state index in [1.807, 2.05) is 13.0 Å². The van der Waals surface area contributed by atoms with Gasteiger partial charge in [0.1, 0.15) is 6.33 Å². The van der Waals surface area contributed by atoms with E-state index in [9.17, 15) is 0 Å². The molecule has 2 heterocycles. The van der Waals surface area contributed by atoms with Crippen molar-refractivity contribution in [2.24, 2.45) is 0 Å². The van der Waals surface area contributed by atoms with Crippen LogP contribution < -0.4 is 0 Å². The van der Waals surface area contributed by atoms with Crippen LogP contribution in [0.2, 0.25) is 0 Å². The van der Waals surface area contributed by atoms with E-state index in [0.717, 1.165) is 11.4 Å². The lowest BCUT2D eigenvalue weighted by molar-refractivity contribution is 1.11. The van der Waals surface area contributed by atoms with Crippen LogP contribution in [0.1, 0.15) is 10.6 Å². The van der Waals surface area contributed by atoms with Crippen molar-refractivity contribution in [3.63, 3.8) is 0 Å². The molecule has 0 radical (unpaired) electrons. The Morgan fingerprint density at radius 2 is 2.00 bits per heavy atom. The van der Waals surface area contributed by atoms with Gasteiger partial charge in [-0.05, 0) is 26.0 Å². The molecule has 0 saturated heterocycles. The first-order valence-electron chi connectivity index (χ1n) is 4.10. The highest BCUT2D eigenvalue weighted by molar-refractivity contribution is 7.10. The summed E-state index contributed by atoms with van der Waals surface area (Å²) in [5.74, 6) is 0. The third kappa shape index (κ3) is 1.75. The van der Waals surface area contributed by atoms with Gasteiger partial charge >= 0.3 is 0 Å². The van der Waals surface area contributed by atoms with Crippen molar-refractivity contribution in [3.05, 3.63) is 34.4 Å². The maximum Gasteiger partial charge on any atom is 0.116 e. The number of nitrogens with zero attached hydrogens (tertiary/aromatic N) is 2. The summed E-state index contributed by atoms with van der Waals surface area (Å²) in [6, 6.07) is 4.15. The molecule has 0 saturated carbocycles. The van der Waals surface area contributed by atoms with Gasteiger partial charge in [0.15, 0.2) is 0 Å². The zero-order valence-electron chi connectivity index (χ0n) is 7.61. The molecule has 0 unspecified atom stereocenters. The Labute approximate surface area is 81.3 Å². The SMILES string of the molecule is Cc1cc(-c2csc(C)c2)ncn1. The largest absolute Gasteiger partial charge is 0.242 e. The van der Waals surface area contributed by atoms with Gasteiger partial charge < -0.3 is 0 Å². The fourth-order valence-electron chi connectivity index (χ4n) is 1.19. The van der Waals surface area contributed by atoms with Crippen LogP contribution in [0.15, 0.2) is 23.8 Å². The highest BCUT2D eigenvalue weighted by Crippen LogP contribution is 2.23. The maximum atomic E-state index is 4.22. The Kier molecular flexibility index (Phi) is 2.10. The fraction of sp³-hybridized carbons (Fsp3) is 0.200. The highest BCUT2D eigenvalue weighted by Gasteiger charge is 2.01. The molecule has 0 N–H and O–H groups in total. The molecule has 0 aliphatic heterocycles. The van der Waals surface area contributed by atoms with E-state index < -0.39 is 0 Å². The lowest BCUT2D eigenvalue weighted by Crippen LogP contribution is -1.85.